The lowest BCUT2D eigenvalue weighted by molar-refractivity contribution is -0.137. The van der Waals surface area contributed by atoms with E-state index in [0.717, 1.165) is 22.6 Å². The lowest BCUT2D eigenvalue weighted by Gasteiger charge is -2.16. The molecule has 1 amide bonds. The van der Waals surface area contributed by atoms with Crippen molar-refractivity contribution < 1.29 is 18.0 Å². The summed E-state index contributed by atoms with van der Waals surface area (Å²) in [6.45, 7) is 2.57. The number of nitrogens with zero attached hydrogens (tertiary/aromatic N) is 2. The van der Waals surface area contributed by atoms with Crippen molar-refractivity contribution in [2.45, 2.75) is 26.1 Å². The van der Waals surface area contributed by atoms with Crippen LogP contribution in [-0.4, -0.2) is 22.8 Å². The van der Waals surface area contributed by atoms with E-state index in [9.17, 15) is 18.0 Å². The predicted molar refractivity (Wildman–Crippen MR) is 102 cm³/mol. The number of carbonyl (C=O) groups is 1. The largest absolute Gasteiger partial charge is 0.416 e. The predicted octanol–water partition coefficient (Wildman–Crippen LogP) is 5.40. The molecule has 0 fully saturated rings. The van der Waals surface area contributed by atoms with Crippen LogP contribution in [0.1, 0.15) is 21.7 Å². The molecule has 3 rings (SSSR count). The Bertz CT molecular complexity index is 929. The number of amides is 1. The topological polar surface area (TPSA) is 33.2 Å². The second kappa shape index (κ2) is 7.82. The quantitative estimate of drug-likeness (QED) is 0.564. The van der Waals surface area contributed by atoms with Gasteiger partial charge in [0.2, 0.25) is 5.91 Å². The fourth-order valence-corrected chi connectivity index (χ4v) is 4.27. The molecule has 0 unspecified atom stereocenters. The standard InChI is InChI=1S/C19H17F3N2OS2/c1-12-7-8-26-16(12)10-24(2)17(25)9-15-11-27-18(23-15)13-3-5-14(6-4-13)19(20,21)22/h3-8,11H,9-10H2,1-2H3. The third kappa shape index (κ3) is 4.75. The first kappa shape index (κ1) is 19.6. The summed E-state index contributed by atoms with van der Waals surface area (Å²) in [6.07, 6.45) is -4.19. The van der Waals surface area contributed by atoms with Crippen molar-refractivity contribution in [3.8, 4) is 10.6 Å². The number of hydrogen-bond donors (Lipinski definition) is 0. The van der Waals surface area contributed by atoms with Gasteiger partial charge in [0.1, 0.15) is 5.01 Å². The summed E-state index contributed by atoms with van der Waals surface area (Å²) in [4.78, 5) is 19.6. The molecule has 142 valence electrons. The van der Waals surface area contributed by atoms with Gasteiger partial charge in [-0.25, -0.2) is 4.98 Å². The van der Waals surface area contributed by atoms with Gasteiger partial charge in [-0.1, -0.05) is 12.1 Å². The summed E-state index contributed by atoms with van der Waals surface area (Å²) in [5.41, 5.74) is 1.70. The molecule has 0 atom stereocenters. The lowest BCUT2D eigenvalue weighted by Crippen LogP contribution is -2.27. The number of halogens is 3. The van der Waals surface area contributed by atoms with Crippen LogP contribution in [0.5, 0.6) is 0 Å². The van der Waals surface area contributed by atoms with Crippen molar-refractivity contribution in [2.24, 2.45) is 0 Å². The highest BCUT2D eigenvalue weighted by molar-refractivity contribution is 7.13. The Hall–Kier alpha value is -2.19. The first-order valence-corrected chi connectivity index (χ1v) is 9.89. The molecule has 0 aliphatic heterocycles. The van der Waals surface area contributed by atoms with E-state index in [-0.39, 0.29) is 12.3 Å². The highest BCUT2D eigenvalue weighted by Gasteiger charge is 2.30. The number of carbonyl (C=O) groups excluding carboxylic acids is 1. The van der Waals surface area contributed by atoms with Gasteiger partial charge in [0, 0.05) is 22.9 Å². The van der Waals surface area contributed by atoms with Gasteiger partial charge in [-0.2, -0.15) is 13.2 Å². The van der Waals surface area contributed by atoms with E-state index in [2.05, 4.69) is 4.98 Å². The number of aryl methyl sites for hydroxylation is 1. The third-order valence-corrected chi connectivity index (χ3v) is 6.07. The van der Waals surface area contributed by atoms with E-state index in [1.807, 2.05) is 18.4 Å². The average Bonchev–Trinajstić information content (AvgIpc) is 3.24. The number of thiophene rings is 1. The van der Waals surface area contributed by atoms with Gasteiger partial charge in [0.15, 0.2) is 0 Å². The van der Waals surface area contributed by atoms with Gasteiger partial charge < -0.3 is 4.90 Å². The van der Waals surface area contributed by atoms with Crippen LogP contribution in [-0.2, 0) is 23.9 Å². The number of rotatable bonds is 5. The van der Waals surface area contributed by atoms with Crippen molar-refractivity contribution in [2.75, 3.05) is 7.05 Å². The van der Waals surface area contributed by atoms with Crippen LogP contribution in [0.15, 0.2) is 41.1 Å². The molecule has 0 aliphatic carbocycles. The molecule has 0 saturated heterocycles. The molecule has 0 spiro atoms. The zero-order valence-corrected chi connectivity index (χ0v) is 16.3. The summed E-state index contributed by atoms with van der Waals surface area (Å²) < 4.78 is 38.0. The molecular weight excluding hydrogens is 393 g/mol. The number of likely N-dealkylation sites (N-methyl/N-ethyl adjacent to an activating group) is 1. The Labute approximate surface area is 163 Å². The molecule has 1 aromatic carbocycles. The van der Waals surface area contributed by atoms with Crippen LogP contribution in [0.3, 0.4) is 0 Å². The first-order valence-electron chi connectivity index (χ1n) is 8.13. The highest BCUT2D eigenvalue weighted by atomic mass is 32.1. The monoisotopic (exact) mass is 410 g/mol. The van der Waals surface area contributed by atoms with Crippen LogP contribution in [0, 0.1) is 6.92 Å². The molecule has 3 nitrogen and oxygen atoms in total. The number of thiazole rings is 1. The molecule has 0 N–H and O–H groups in total. The van der Waals surface area contributed by atoms with E-state index in [1.165, 1.54) is 23.5 Å². The second-order valence-electron chi connectivity index (χ2n) is 6.17. The van der Waals surface area contributed by atoms with Crippen molar-refractivity contribution >= 4 is 28.6 Å². The first-order chi connectivity index (χ1) is 12.7. The fraction of sp³-hybridized carbons (Fsp3) is 0.263. The minimum Gasteiger partial charge on any atom is -0.340 e. The second-order valence-corrected chi connectivity index (χ2v) is 8.03. The summed E-state index contributed by atoms with van der Waals surface area (Å²) in [7, 11) is 1.75. The Morgan fingerprint density at radius 1 is 1.15 bits per heavy atom. The maximum atomic E-state index is 12.7. The van der Waals surface area contributed by atoms with E-state index in [4.69, 9.17) is 0 Å². The maximum Gasteiger partial charge on any atom is 0.416 e. The van der Waals surface area contributed by atoms with Crippen molar-refractivity contribution in [3.63, 3.8) is 0 Å². The number of benzene rings is 1. The van der Waals surface area contributed by atoms with Gasteiger partial charge in [-0.15, -0.1) is 22.7 Å². The molecule has 2 aromatic heterocycles. The number of alkyl halides is 3. The van der Waals surface area contributed by atoms with Crippen LogP contribution >= 0.6 is 22.7 Å². The van der Waals surface area contributed by atoms with Crippen LogP contribution in [0.2, 0.25) is 0 Å². The Morgan fingerprint density at radius 2 is 1.85 bits per heavy atom. The summed E-state index contributed by atoms with van der Waals surface area (Å²) >= 11 is 2.93. The SMILES string of the molecule is Cc1ccsc1CN(C)C(=O)Cc1csc(-c2ccc(C(F)(F)F)cc2)n1. The molecule has 3 aromatic rings. The molecule has 0 bridgehead atoms. The Kier molecular flexibility index (Phi) is 5.67. The zero-order chi connectivity index (χ0) is 19.6. The average molecular weight is 410 g/mol. The molecule has 8 heteroatoms. The maximum absolute atomic E-state index is 12.7. The molecule has 2 heterocycles. The molecule has 0 saturated carbocycles. The Balaban J connectivity index is 1.65. The minimum atomic E-state index is -4.36. The summed E-state index contributed by atoms with van der Waals surface area (Å²) in [5.74, 6) is -0.0490. The van der Waals surface area contributed by atoms with Crippen LogP contribution in [0.25, 0.3) is 10.6 Å². The van der Waals surface area contributed by atoms with Gasteiger partial charge in [-0.05, 0) is 36.1 Å². The molecular formula is C19H17F3N2OS2. The van der Waals surface area contributed by atoms with E-state index < -0.39 is 11.7 Å². The number of aromatic nitrogens is 1. The lowest BCUT2D eigenvalue weighted by atomic mass is 10.1. The highest BCUT2D eigenvalue weighted by Crippen LogP contribution is 2.31. The van der Waals surface area contributed by atoms with E-state index in [1.54, 1.807) is 28.7 Å². The van der Waals surface area contributed by atoms with E-state index >= 15 is 0 Å². The Morgan fingerprint density at radius 3 is 2.44 bits per heavy atom. The van der Waals surface area contributed by atoms with Crippen LogP contribution < -0.4 is 0 Å². The number of hydrogen-bond acceptors (Lipinski definition) is 4. The fourth-order valence-electron chi connectivity index (χ4n) is 2.48. The van der Waals surface area contributed by atoms with Crippen molar-refractivity contribution in [1.82, 2.24) is 9.88 Å². The normalized spacial score (nSPS) is 11.6. The zero-order valence-electron chi connectivity index (χ0n) is 14.7. The van der Waals surface area contributed by atoms with Crippen LogP contribution in [0.4, 0.5) is 13.2 Å². The smallest absolute Gasteiger partial charge is 0.340 e. The minimum absolute atomic E-state index is 0.0490. The summed E-state index contributed by atoms with van der Waals surface area (Å²) in [5, 5.41) is 4.37. The summed E-state index contributed by atoms with van der Waals surface area (Å²) in [6, 6.07) is 6.91. The van der Waals surface area contributed by atoms with E-state index in [0.29, 0.717) is 22.8 Å². The molecule has 0 aliphatic rings. The van der Waals surface area contributed by atoms with Gasteiger partial charge in [0.25, 0.3) is 0 Å². The van der Waals surface area contributed by atoms with Crippen molar-refractivity contribution in [1.29, 1.82) is 0 Å². The van der Waals surface area contributed by atoms with Gasteiger partial charge in [-0.3, -0.25) is 4.79 Å². The van der Waals surface area contributed by atoms with Crippen molar-refractivity contribution in [3.05, 3.63) is 62.8 Å². The third-order valence-electron chi connectivity index (χ3n) is 4.12. The molecule has 27 heavy (non-hydrogen) atoms. The van der Waals surface area contributed by atoms with Gasteiger partial charge in [0.05, 0.1) is 24.2 Å². The molecule has 0 radical (unpaired) electrons. The van der Waals surface area contributed by atoms with Gasteiger partial charge >= 0.3 is 6.18 Å².